The van der Waals surface area contributed by atoms with Gasteiger partial charge in [0.1, 0.15) is 11.1 Å². The number of carbonyl (C=O) groups excluding carboxylic acids is 2. The van der Waals surface area contributed by atoms with Gasteiger partial charge >= 0.3 is 6.18 Å². The Hall–Kier alpha value is -3.52. The first-order valence-corrected chi connectivity index (χ1v) is 16.5. The van der Waals surface area contributed by atoms with Crippen LogP contribution < -0.4 is 15.1 Å². The highest BCUT2D eigenvalue weighted by Gasteiger charge is 2.60. The minimum absolute atomic E-state index is 0.0641. The largest absolute Gasteiger partial charge is 0.420 e. The van der Waals surface area contributed by atoms with Crippen LogP contribution in [0.4, 0.5) is 28.9 Å². The number of amides is 2. The van der Waals surface area contributed by atoms with E-state index in [1.54, 1.807) is 24.1 Å². The van der Waals surface area contributed by atoms with E-state index in [1.165, 1.54) is 6.07 Å². The molecule has 2 aliphatic rings. The van der Waals surface area contributed by atoms with Gasteiger partial charge in [-0.25, -0.2) is 4.39 Å². The molecule has 1 heterocycles. The van der Waals surface area contributed by atoms with Crippen LogP contribution in [-0.4, -0.2) is 29.5 Å². The molecule has 1 N–H and O–H groups in total. The number of alkyl halides is 3. The normalized spacial score (nSPS) is 14.6. The van der Waals surface area contributed by atoms with Gasteiger partial charge in [-0.05, 0) is 74.2 Å². The number of nitrogens with zero attached hydrogens (tertiary/aromatic N) is 3. The third-order valence-electron chi connectivity index (χ3n) is 7.43. The molecular weight excluding hydrogens is 616 g/mol. The maximum atomic E-state index is 15.3. The molecule has 11 heteroatoms. The van der Waals surface area contributed by atoms with Crippen LogP contribution in [0.15, 0.2) is 36.4 Å². The van der Waals surface area contributed by atoms with Crippen molar-refractivity contribution in [3.8, 4) is 6.07 Å². The summed E-state index contributed by atoms with van der Waals surface area (Å²) in [6.07, 6.45) is -2.38. The van der Waals surface area contributed by atoms with Crippen molar-refractivity contribution in [3.63, 3.8) is 0 Å². The Bertz CT molecular complexity index is 1350. The van der Waals surface area contributed by atoms with Gasteiger partial charge in [-0.15, -0.1) is 0 Å². The first-order chi connectivity index (χ1) is 21.8. The van der Waals surface area contributed by atoms with Gasteiger partial charge in [-0.3, -0.25) is 14.5 Å². The van der Waals surface area contributed by atoms with Crippen LogP contribution in [0, 0.1) is 22.6 Å². The van der Waals surface area contributed by atoms with E-state index in [4.69, 9.17) is 17.5 Å². The van der Waals surface area contributed by atoms with E-state index in [2.05, 4.69) is 5.32 Å². The third-order valence-corrected chi connectivity index (χ3v) is 7.80. The summed E-state index contributed by atoms with van der Waals surface area (Å²) >= 11 is 5.56. The van der Waals surface area contributed by atoms with Crippen LogP contribution >= 0.6 is 12.2 Å². The Labute approximate surface area is 278 Å². The average Bonchev–Trinajstić information content (AvgIpc) is 3.29. The monoisotopic (exact) mass is 666 g/mol. The smallest absolute Gasteiger partial charge is 0.359 e. The van der Waals surface area contributed by atoms with Crippen molar-refractivity contribution < 1.29 is 27.2 Å². The molecule has 1 saturated carbocycles. The number of hydrogen-bond donors (Lipinski definition) is 1. The number of aryl methyl sites for hydroxylation is 1. The summed E-state index contributed by atoms with van der Waals surface area (Å²) in [5.41, 5.74) is -3.39. The van der Waals surface area contributed by atoms with Gasteiger partial charge in [0.25, 0.3) is 5.91 Å². The molecule has 0 aromatic heterocycles. The zero-order valence-corrected chi connectivity index (χ0v) is 29.9. The minimum atomic E-state index is -5.13. The number of nitrogens with one attached hydrogen (secondary N) is 1. The van der Waals surface area contributed by atoms with E-state index in [0.29, 0.717) is 37.8 Å². The molecule has 0 unspecified atom stereocenters. The van der Waals surface area contributed by atoms with Crippen molar-refractivity contribution in [3.05, 3.63) is 58.9 Å². The lowest BCUT2D eigenvalue weighted by atomic mass is 9.75. The fourth-order valence-electron chi connectivity index (χ4n) is 5.02. The zero-order valence-electron chi connectivity index (χ0n) is 29.1. The second kappa shape index (κ2) is 18.6. The number of carbonyl (C=O) groups is 2. The highest BCUT2D eigenvalue weighted by molar-refractivity contribution is 7.81. The number of benzene rings is 2. The van der Waals surface area contributed by atoms with E-state index >= 15 is 4.39 Å². The summed E-state index contributed by atoms with van der Waals surface area (Å²) in [5.74, 6) is -2.37. The second-order valence-electron chi connectivity index (χ2n) is 10.2. The molecule has 1 aliphatic carbocycles. The van der Waals surface area contributed by atoms with Crippen LogP contribution in [0.2, 0.25) is 0 Å². The number of thiocarbonyl (C=S) groups is 1. The predicted molar refractivity (Wildman–Crippen MR) is 183 cm³/mol. The number of rotatable bonds is 6. The fourth-order valence-corrected chi connectivity index (χ4v) is 5.48. The lowest BCUT2D eigenvalue weighted by molar-refractivity contribution is -0.140. The first kappa shape index (κ1) is 42.5. The van der Waals surface area contributed by atoms with Crippen molar-refractivity contribution in [2.45, 2.75) is 113 Å². The number of anilines is 2. The van der Waals surface area contributed by atoms with Gasteiger partial charge < -0.3 is 10.2 Å². The molecule has 2 aromatic rings. The van der Waals surface area contributed by atoms with Crippen LogP contribution in [-0.2, 0) is 22.2 Å². The molecular formula is C35H50F4N4O2S. The van der Waals surface area contributed by atoms with Gasteiger partial charge in [-0.2, -0.15) is 18.4 Å². The quantitative estimate of drug-likeness (QED) is 0.246. The maximum Gasteiger partial charge on any atom is 0.420 e. The Morgan fingerprint density at radius 1 is 0.978 bits per heavy atom. The standard InChI is InChI=1S/C27H26F4N4O2S.4C2H6/c1-25(2,22(36)33-3)14-11-16-5-8-18(9-6-16)35-24(38)34(23(37)26(35)12-4-13-26)19-10-7-17(15-32)20(21(19)28)27(29,30)31;4*1-2/h5-10H,4,11-14H2,1-3H3,(H,33,36);4*1-2H3. The molecule has 6 nitrogen and oxygen atoms in total. The van der Waals surface area contributed by atoms with Gasteiger partial charge in [0.2, 0.25) is 5.91 Å². The lowest BCUT2D eigenvalue weighted by Gasteiger charge is -2.43. The van der Waals surface area contributed by atoms with Crippen LogP contribution in [0.5, 0.6) is 0 Å². The topological polar surface area (TPSA) is 76.4 Å². The molecule has 1 aliphatic heterocycles. The molecule has 1 saturated heterocycles. The van der Waals surface area contributed by atoms with Gasteiger partial charge in [0, 0.05) is 18.2 Å². The first-order valence-electron chi connectivity index (χ1n) is 16.1. The van der Waals surface area contributed by atoms with E-state index < -0.39 is 45.7 Å². The number of hydrogen-bond acceptors (Lipinski definition) is 4. The third kappa shape index (κ3) is 8.64. The Balaban J connectivity index is 0.00000235. The van der Waals surface area contributed by atoms with Crippen molar-refractivity contribution in [1.82, 2.24) is 5.32 Å². The Kier molecular flexibility index (Phi) is 17.2. The van der Waals surface area contributed by atoms with E-state index in [-0.39, 0.29) is 11.0 Å². The maximum absolute atomic E-state index is 15.3. The Morgan fingerprint density at radius 2 is 1.50 bits per heavy atom. The van der Waals surface area contributed by atoms with E-state index in [0.717, 1.165) is 22.6 Å². The molecule has 2 fully saturated rings. The highest BCUT2D eigenvalue weighted by Crippen LogP contribution is 2.49. The van der Waals surface area contributed by atoms with Crippen molar-refractivity contribution in [1.29, 1.82) is 5.26 Å². The molecule has 2 amide bonds. The zero-order chi connectivity index (χ0) is 36.0. The molecule has 256 valence electrons. The molecule has 0 atom stereocenters. The molecule has 46 heavy (non-hydrogen) atoms. The molecule has 1 spiro atoms. The Morgan fingerprint density at radius 3 is 1.91 bits per heavy atom. The van der Waals surface area contributed by atoms with Gasteiger partial charge in [-0.1, -0.05) is 81.4 Å². The molecule has 0 bridgehead atoms. The van der Waals surface area contributed by atoms with E-state index in [9.17, 15) is 22.8 Å². The van der Waals surface area contributed by atoms with Crippen LogP contribution in [0.25, 0.3) is 0 Å². The summed E-state index contributed by atoms with van der Waals surface area (Å²) < 4.78 is 56.1. The van der Waals surface area contributed by atoms with Crippen LogP contribution in [0.1, 0.15) is 112 Å². The predicted octanol–water partition coefficient (Wildman–Crippen LogP) is 9.59. The SMILES string of the molecule is CC.CC.CC.CC.CNC(=O)C(C)(C)CCc1ccc(N2C(=S)N(c3ccc(C#N)c(C(F)(F)F)c3F)C(=O)C23CCC3)cc1. The van der Waals surface area contributed by atoms with Crippen molar-refractivity contribution >= 4 is 40.5 Å². The molecule has 0 radical (unpaired) electrons. The van der Waals surface area contributed by atoms with Crippen molar-refractivity contribution in [2.75, 3.05) is 16.8 Å². The summed E-state index contributed by atoms with van der Waals surface area (Å²) in [6.45, 7) is 19.7. The molecule has 4 rings (SSSR count). The lowest BCUT2D eigenvalue weighted by Crippen LogP contribution is -2.55. The summed E-state index contributed by atoms with van der Waals surface area (Å²) in [7, 11) is 1.59. The average molecular weight is 667 g/mol. The highest BCUT2D eigenvalue weighted by atomic mass is 32.1. The van der Waals surface area contributed by atoms with Crippen LogP contribution in [0.3, 0.4) is 0 Å². The van der Waals surface area contributed by atoms with E-state index in [1.807, 2.05) is 81.4 Å². The summed E-state index contributed by atoms with van der Waals surface area (Å²) in [4.78, 5) is 28.1. The molecule has 2 aromatic carbocycles. The summed E-state index contributed by atoms with van der Waals surface area (Å²) in [6, 6.07) is 10.4. The summed E-state index contributed by atoms with van der Waals surface area (Å²) in [5, 5.41) is 11.6. The number of halogens is 4. The van der Waals surface area contributed by atoms with Crippen molar-refractivity contribution in [2.24, 2.45) is 5.41 Å². The van der Waals surface area contributed by atoms with Gasteiger partial charge in [0.05, 0.1) is 17.3 Å². The fraction of sp³-hybridized carbons (Fsp3) is 0.543. The van der Waals surface area contributed by atoms with Gasteiger partial charge in [0.15, 0.2) is 10.9 Å². The second-order valence-corrected chi connectivity index (χ2v) is 10.6. The minimum Gasteiger partial charge on any atom is -0.359 e. The number of nitriles is 1.